The number of ether oxygens (including phenoxy) is 1. The van der Waals surface area contributed by atoms with Gasteiger partial charge in [0, 0.05) is 11.6 Å². The second kappa shape index (κ2) is 4.09. The molecular weight excluding hydrogens is 175 g/mol. The maximum absolute atomic E-state index is 13.0. The molecule has 72 valence electrons. The Morgan fingerprint density at radius 2 is 2.15 bits per heavy atom. The number of rotatable bonds is 3. The molecule has 1 aromatic carbocycles. The Morgan fingerprint density at radius 3 is 2.69 bits per heavy atom. The van der Waals surface area contributed by atoms with Gasteiger partial charge in [-0.05, 0) is 13.0 Å². The second-order valence-corrected chi connectivity index (χ2v) is 2.51. The molecule has 0 heterocycles. The number of phenols is 1. The highest BCUT2D eigenvalue weighted by molar-refractivity contribution is 5.38. The molecule has 0 fully saturated rings. The first-order valence-electron chi connectivity index (χ1n) is 3.94. The Labute approximate surface area is 75.4 Å². The summed E-state index contributed by atoms with van der Waals surface area (Å²) in [7, 11) is 0. The van der Waals surface area contributed by atoms with Gasteiger partial charge in [0.05, 0.1) is 13.2 Å². The maximum Gasteiger partial charge on any atom is 0.170 e. The number of aliphatic hydroxyl groups excluding tert-OH is 1. The zero-order chi connectivity index (χ0) is 9.84. The van der Waals surface area contributed by atoms with E-state index in [0.29, 0.717) is 12.4 Å². The highest BCUT2D eigenvalue weighted by Crippen LogP contribution is 2.26. The molecule has 0 radical (unpaired) electrons. The lowest BCUT2D eigenvalue weighted by Gasteiger charge is -2.07. The first-order chi connectivity index (χ1) is 6.19. The van der Waals surface area contributed by atoms with E-state index in [1.807, 2.05) is 0 Å². The van der Waals surface area contributed by atoms with Gasteiger partial charge in [0.1, 0.15) is 5.75 Å². The molecule has 1 rings (SSSR count). The first kappa shape index (κ1) is 9.80. The fraction of sp³-hybridized carbons (Fsp3) is 0.333. The van der Waals surface area contributed by atoms with Crippen LogP contribution in [0.5, 0.6) is 11.5 Å². The third-order valence-corrected chi connectivity index (χ3v) is 1.58. The van der Waals surface area contributed by atoms with Gasteiger partial charge in [-0.25, -0.2) is 4.39 Å². The lowest BCUT2D eigenvalue weighted by atomic mass is 10.2. The normalized spacial score (nSPS) is 10.1. The van der Waals surface area contributed by atoms with Crippen molar-refractivity contribution < 1.29 is 19.3 Å². The van der Waals surface area contributed by atoms with Crippen LogP contribution in [-0.4, -0.2) is 16.8 Å². The Kier molecular flexibility index (Phi) is 3.08. The van der Waals surface area contributed by atoms with E-state index in [0.717, 1.165) is 0 Å². The zero-order valence-electron chi connectivity index (χ0n) is 7.25. The fourth-order valence-corrected chi connectivity index (χ4v) is 1.00. The predicted octanol–water partition coefficient (Wildman–Crippen LogP) is 1.42. The van der Waals surface area contributed by atoms with Crippen LogP contribution in [0.4, 0.5) is 4.39 Å². The predicted molar refractivity (Wildman–Crippen MR) is 45.2 cm³/mol. The smallest absolute Gasteiger partial charge is 0.170 e. The summed E-state index contributed by atoms with van der Waals surface area (Å²) < 4.78 is 18.0. The second-order valence-electron chi connectivity index (χ2n) is 2.51. The van der Waals surface area contributed by atoms with Gasteiger partial charge < -0.3 is 14.9 Å². The molecule has 0 aliphatic heterocycles. The van der Waals surface area contributed by atoms with Gasteiger partial charge in [-0.1, -0.05) is 0 Å². The largest absolute Gasteiger partial charge is 0.505 e. The SMILES string of the molecule is CCOc1cc(O)c(F)c(CO)c1. The molecule has 0 aliphatic rings. The number of aliphatic hydroxyl groups is 1. The van der Waals surface area contributed by atoms with E-state index in [1.54, 1.807) is 6.92 Å². The van der Waals surface area contributed by atoms with Crippen LogP contribution < -0.4 is 4.74 Å². The summed E-state index contributed by atoms with van der Waals surface area (Å²) in [6.45, 7) is 1.75. The minimum atomic E-state index is -0.800. The van der Waals surface area contributed by atoms with E-state index in [2.05, 4.69) is 0 Å². The molecule has 0 spiro atoms. The first-order valence-corrected chi connectivity index (χ1v) is 3.94. The molecule has 0 amide bonds. The minimum absolute atomic E-state index is 0.0310. The summed E-state index contributed by atoms with van der Waals surface area (Å²) in [5.41, 5.74) is 0.0310. The third kappa shape index (κ3) is 2.09. The molecule has 2 N–H and O–H groups in total. The molecule has 0 unspecified atom stereocenters. The lowest BCUT2D eigenvalue weighted by molar-refractivity contribution is 0.270. The van der Waals surface area contributed by atoms with Crippen molar-refractivity contribution in [1.82, 2.24) is 0 Å². The monoisotopic (exact) mass is 186 g/mol. The van der Waals surface area contributed by atoms with Gasteiger partial charge in [-0.3, -0.25) is 0 Å². The summed E-state index contributed by atoms with van der Waals surface area (Å²) in [4.78, 5) is 0. The van der Waals surface area contributed by atoms with Crippen molar-refractivity contribution in [3.8, 4) is 11.5 Å². The van der Waals surface area contributed by atoms with E-state index in [9.17, 15) is 4.39 Å². The molecule has 0 aromatic heterocycles. The fourth-order valence-electron chi connectivity index (χ4n) is 1.00. The number of benzene rings is 1. The standard InChI is InChI=1S/C9H11FO3/c1-2-13-7-3-6(5-11)9(10)8(12)4-7/h3-4,11-12H,2,5H2,1H3. The van der Waals surface area contributed by atoms with Crippen LogP contribution in [0, 0.1) is 5.82 Å². The summed E-state index contributed by atoms with van der Waals surface area (Å²) >= 11 is 0. The highest BCUT2D eigenvalue weighted by Gasteiger charge is 2.09. The van der Waals surface area contributed by atoms with Gasteiger partial charge in [-0.2, -0.15) is 0 Å². The van der Waals surface area contributed by atoms with Crippen molar-refractivity contribution in [3.63, 3.8) is 0 Å². The van der Waals surface area contributed by atoms with Gasteiger partial charge in [0.2, 0.25) is 0 Å². The van der Waals surface area contributed by atoms with Crippen LogP contribution in [0.1, 0.15) is 12.5 Å². The lowest BCUT2D eigenvalue weighted by Crippen LogP contribution is -1.96. The molecule has 0 atom stereocenters. The summed E-state index contributed by atoms with van der Waals surface area (Å²) in [6.07, 6.45) is 0. The van der Waals surface area contributed by atoms with Crippen LogP contribution in [0.3, 0.4) is 0 Å². The molecule has 3 nitrogen and oxygen atoms in total. The summed E-state index contributed by atoms with van der Waals surface area (Å²) in [5, 5.41) is 17.8. The van der Waals surface area contributed by atoms with Crippen molar-refractivity contribution in [2.24, 2.45) is 0 Å². The van der Waals surface area contributed by atoms with E-state index in [-0.39, 0.29) is 5.56 Å². The molecular formula is C9H11FO3. The molecule has 0 saturated carbocycles. The minimum Gasteiger partial charge on any atom is -0.505 e. The van der Waals surface area contributed by atoms with E-state index in [4.69, 9.17) is 14.9 Å². The topological polar surface area (TPSA) is 49.7 Å². The highest BCUT2D eigenvalue weighted by atomic mass is 19.1. The van der Waals surface area contributed by atoms with Crippen LogP contribution in [0.25, 0.3) is 0 Å². The zero-order valence-corrected chi connectivity index (χ0v) is 7.25. The number of hydrogen-bond donors (Lipinski definition) is 2. The van der Waals surface area contributed by atoms with Gasteiger partial charge in [0.15, 0.2) is 11.6 Å². The Balaban J connectivity index is 3.06. The van der Waals surface area contributed by atoms with Crippen molar-refractivity contribution in [2.45, 2.75) is 13.5 Å². The molecule has 0 bridgehead atoms. The van der Waals surface area contributed by atoms with E-state index >= 15 is 0 Å². The number of hydrogen-bond acceptors (Lipinski definition) is 3. The quantitative estimate of drug-likeness (QED) is 0.750. The number of halogens is 1. The maximum atomic E-state index is 13.0. The molecule has 0 saturated heterocycles. The van der Waals surface area contributed by atoms with Crippen molar-refractivity contribution in [2.75, 3.05) is 6.61 Å². The van der Waals surface area contributed by atoms with Crippen LogP contribution in [0.2, 0.25) is 0 Å². The van der Waals surface area contributed by atoms with Crippen LogP contribution in [0.15, 0.2) is 12.1 Å². The third-order valence-electron chi connectivity index (χ3n) is 1.58. The number of aromatic hydroxyl groups is 1. The summed E-state index contributed by atoms with van der Waals surface area (Å²) in [6, 6.07) is 2.54. The molecule has 13 heavy (non-hydrogen) atoms. The van der Waals surface area contributed by atoms with Gasteiger partial charge >= 0.3 is 0 Å². The Bertz CT molecular complexity index is 299. The van der Waals surface area contributed by atoms with Crippen LogP contribution in [-0.2, 0) is 6.61 Å². The summed E-state index contributed by atoms with van der Waals surface area (Å²) in [5.74, 6) is -0.952. The van der Waals surface area contributed by atoms with Gasteiger partial charge in [-0.15, -0.1) is 0 Å². The van der Waals surface area contributed by atoms with Crippen LogP contribution >= 0.6 is 0 Å². The van der Waals surface area contributed by atoms with Crippen molar-refractivity contribution in [3.05, 3.63) is 23.5 Å². The average Bonchev–Trinajstić information content (AvgIpc) is 2.11. The molecule has 0 aliphatic carbocycles. The van der Waals surface area contributed by atoms with Gasteiger partial charge in [0.25, 0.3) is 0 Å². The molecule has 4 heteroatoms. The Morgan fingerprint density at radius 1 is 1.46 bits per heavy atom. The van der Waals surface area contributed by atoms with E-state index in [1.165, 1.54) is 12.1 Å². The van der Waals surface area contributed by atoms with E-state index < -0.39 is 18.2 Å². The Hall–Kier alpha value is -1.29. The molecule has 1 aromatic rings. The van der Waals surface area contributed by atoms with Crippen molar-refractivity contribution >= 4 is 0 Å². The van der Waals surface area contributed by atoms with Crippen molar-refractivity contribution in [1.29, 1.82) is 0 Å². The number of phenolic OH excluding ortho intramolecular Hbond substituents is 1. The average molecular weight is 186 g/mol.